The largest absolute Gasteiger partial charge is 0.478 e. The lowest BCUT2D eigenvalue weighted by atomic mass is 10.1. The predicted molar refractivity (Wildman–Crippen MR) is 97.3 cm³/mol. The van der Waals surface area contributed by atoms with Crippen LogP contribution in [-0.4, -0.2) is 69.0 Å². The van der Waals surface area contributed by atoms with Gasteiger partial charge in [-0.15, -0.1) is 0 Å². The van der Waals surface area contributed by atoms with Gasteiger partial charge in [-0.25, -0.2) is 18.0 Å². The summed E-state index contributed by atoms with van der Waals surface area (Å²) in [7, 11) is -3.49. The van der Waals surface area contributed by atoms with Crippen LogP contribution in [0.1, 0.15) is 24.2 Å². The molecule has 0 bridgehead atoms. The van der Waals surface area contributed by atoms with Crippen molar-refractivity contribution in [2.75, 3.05) is 48.2 Å². The molecule has 0 radical (unpaired) electrons. The fourth-order valence-electron chi connectivity index (χ4n) is 2.64. The zero-order valence-corrected chi connectivity index (χ0v) is 15.6. The minimum atomic E-state index is -3.49. The lowest BCUT2D eigenvalue weighted by Gasteiger charge is -2.36. The Balaban J connectivity index is 2.17. The van der Waals surface area contributed by atoms with Gasteiger partial charge in [-0.2, -0.15) is 0 Å². The molecule has 1 heterocycles. The van der Waals surface area contributed by atoms with Gasteiger partial charge < -0.3 is 19.6 Å². The maximum Gasteiger partial charge on any atom is 0.409 e. The Hall–Kier alpha value is -2.49. The third-order valence-corrected chi connectivity index (χ3v) is 5.33. The standard InChI is InChI=1S/C16H23N3O6S/c1-3-25-16(22)19-9-7-18(8-10-19)14-6-5-12(11-13(14)15(20)21)17-26(23,24)4-2/h5-6,11,17H,3-4,7-10H2,1-2H3,(H,20,21). The van der Waals surface area contributed by atoms with Crippen LogP contribution in [0.2, 0.25) is 0 Å². The van der Waals surface area contributed by atoms with Gasteiger partial charge >= 0.3 is 12.1 Å². The van der Waals surface area contributed by atoms with E-state index in [-0.39, 0.29) is 23.1 Å². The Kier molecular flexibility index (Phi) is 6.30. The van der Waals surface area contributed by atoms with Gasteiger partial charge in [0.15, 0.2) is 0 Å². The van der Waals surface area contributed by atoms with E-state index < -0.39 is 16.0 Å². The number of aromatic carboxylic acids is 1. The second kappa shape index (κ2) is 8.26. The number of rotatable bonds is 6. The highest BCUT2D eigenvalue weighted by Crippen LogP contribution is 2.26. The molecule has 2 N–H and O–H groups in total. The summed E-state index contributed by atoms with van der Waals surface area (Å²) in [4.78, 5) is 26.8. The number of carbonyl (C=O) groups is 2. The third kappa shape index (κ3) is 4.78. The van der Waals surface area contributed by atoms with Gasteiger partial charge in [0.2, 0.25) is 10.0 Å². The summed E-state index contributed by atoms with van der Waals surface area (Å²) in [6.45, 7) is 5.29. The number of carbonyl (C=O) groups excluding carboxylic acids is 1. The van der Waals surface area contributed by atoms with Crippen molar-refractivity contribution in [3.63, 3.8) is 0 Å². The van der Waals surface area contributed by atoms with Crippen LogP contribution in [0.3, 0.4) is 0 Å². The normalized spacial score (nSPS) is 14.8. The quantitative estimate of drug-likeness (QED) is 0.761. The van der Waals surface area contributed by atoms with Crippen molar-refractivity contribution in [3.05, 3.63) is 23.8 Å². The number of carboxylic acids is 1. The van der Waals surface area contributed by atoms with E-state index in [0.717, 1.165) is 0 Å². The molecule has 10 heteroatoms. The Morgan fingerprint density at radius 2 is 1.85 bits per heavy atom. The van der Waals surface area contributed by atoms with E-state index in [1.54, 1.807) is 17.9 Å². The molecular formula is C16H23N3O6S. The van der Waals surface area contributed by atoms with Crippen LogP contribution in [-0.2, 0) is 14.8 Å². The van der Waals surface area contributed by atoms with Crippen LogP contribution in [0, 0.1) is 0 Å². The number of carboxylic acid groups (broad SMARTS) is 1. The zero-order chi connectivity index (χ0) is 19.3. The average molecular weight is 385 g/mol. The second-order valence-corrected chi connectivity index (χ2v) is 7.73. The molecule has 0 aliphatic carbocycles. The third-order valence-electron chi connectivity index (χ3n) is 4.03. The molecule has 1 aliphatic rings. The highest BCUT2D eigenvalue weighted by molar-refractivity contribution is 7.92. The summed E-state index contributed by atoms with van der Waals surface area (Å²) < 4.78 is 30.7. The fourth-order valence-corrected chi connectivity index (χ4v) is 3.27. The van der Waals surface area contributed by atoms with Crippen molar-refractivity contribution in [1.29, 1.82) is 0 Å². The number of hydrogen-bond donors (Lipinski definition) is 2. The lowest BCUT2D eigenvalue weighted by molar-refractivity contribution is 0.0696. The maximum absolute atomic E-state index is 11.7. The van der Waals surface area contributed by atoms with Gasteiger partial charge in [-0.05, 0) is 32.0 Å². The summed E-state index contributed by atoms with van der Waals surface area (Å²) in [5, 5.41) is 9.50. The van der Waals surface area contributed by atoms with Crippen molar-refractivity contribution in [2.45, 2.75) is 13.8 Å². The number of ether oxygens (including phenoxy) is 1. The SMILES string of the molecule is CCOC(=O)N1CCN(c2ccc(NS(=O)(=O)CC)cc2C(=O)O)CC1. The number of anilines is 2. The van der Waals surface area contributed by atoms with Crippen LogP contribution < -0.4 is 9.62 Å². The van der Waals surface area contributed by atoms with Gasteiger partial charge in [-0.3, -0.25) is 4.72 Å². The van der Waals surface area contributed by atoms with E-state index in [4.69, 9.17) is 4.74 Å². The molecule has 9 nitrogen and oxygen atoms in total. The lowest BCUT2D eigenvalue weighted by Crippen LogP contribution is -2.49. The molecule has 144 valence electrons. The Morgan fingerprint density at radius 3 is 2.38 bits per heavy atom. The first-order valence-electron chi connectivity index (χ1n) is 8.32. The number of nitrogens with zero attached hydrogens (tertiary/aromatic N) is 2. The van der Waals surface area contributed by atoms with Crippen molar-refractivity contribution >= 4 is 33.5 Å². The van der Waals surface area contributed by atoms with Gasteiger partial charge in [0.05, 0.1) is 23.6 Å². The highest BCUT2D eigenvalue weighted by Gasteiger charge is 2.25. The predicted octanol–water partition coefficient (Wildman–Crippen LogP) is 1.42. The van der Waals surface area contributed by atoms with Gasteiger partial charge in [-0.1, -0.05) is 0 Å². The molecule has 1 aliphatic heterocycles. The molecule has 1 fully saturated rings. The number of sulfonamides is 1. The summed E-state index contributed by atoms with van der Waals surface area (Å²) in [6.07, 6.45) is -0.380. The van der Waals surface area contributed by atoms with E-state index in [9.17, 15) is 23.1 Å². The van der Waals surface area contributed by atoms with Crippen molar-refractivity contribution < 1.29 is 27.9 Å². The molecule has 0 spiro atoms. The van der Waals surface area contributed by atoms with Gasteiger partial charge in [0.1, 0.15) is 0 Å². The molecule has 1 amide bonds. The first-order chi connectivity index (χ1) is 12.3. The molecule has 0 aromatic heterocycles. The number of benzene rings is 1. The van der Waals surface area contributed by atoms with Crippen LogP contribution in [0.25, 0.3) is 0 Å². The molecule has 0 atom stereocenters. The fraction of sp³-hybridized carbons (Fsp3) is 0.500. The van der Waals surface area contributed by atoms with Crippen molar-refractivity contribution in [1.82, 2.24) is 4.90 Å². The monoisotopic (exact) mass is 385 g/mol. The highest BCUT2D eigenvalue weighted by atomic mass is 32.2. The second-order valence-electron chi connectivity index (χ2n) is 5.72. The molecule has 2 rings (SSSR count). The summed E-state index contributed by atoms with van der Waals surface area (Å²) in [5.41, 5.74) is 0.699. The first-order valence-corrected chi connectivity index (χ1v) is 9.97. The van der Waals surface area contributed by atoms with E-state index in [2.05, 4.69) is 4.72 Å². The summed E-state index contributed by atoms with van der Waals surface area (Å²) >= 11 is 0. The average Bonchev–Trinajstić information content (AvgIpc) is 2.61. The molecule has 0 unspecified atom stereocenters. The Morgan fingerprint density at radius 1 is 1.19 bits per heavy atom. The molecule has 1 saturated heterocycles. The molecule has 1 aromatic carbocycles. The topological polar surface area (TPSA) is 116 Å². The van der Waals surface area contributed by atoms with Crippen LogP contribution >= 0.6 is 0 Å². The number of nitrogens with one attached hydrogen (secondary N) is 1. The number of hydrogen-bond acceptors (Lipinski definition) is 6. The molecular weight excluding hydrogens is 362 g/mol. The first kappa shape index (κ1) is 19.8. The summed E-state index contributed by atoms with van der Waals surface area (Å²) in [5.74, 6) is -1.25. The van der Waals surface area contributed by atoms with Crippen molar-refractivity contribution in [3.8, 4) is 0 Å². The summed E-state index contributed by atoms with van der Waals surface area (Å²) in [6, 6.07) is 4.42. The number of piperazine rings is 1. The Bertz CT molecular complexity index is 772. The van der Waals surface area contributed by atoms with Crippen molar-refractivity contribution in [2.24, 2.45) is 0 Å². The van der Waals surface area contributed by atoms with Crippen LogP contribution in [0.5, 0.6) is 0 Å². The van der Waals surface area contributed by atoms with E-state index in [0.29, 0.717) is 38.5 Å². The molecule has 0 saturated carbocycles. The van der Waals surface area contributed by atoms with Gasteiger partial charge in [0, 0.05) is 31.9 Å². The van der Waals surface area contributed by atoms with E-state index in [1.165, 1.54) is 19.1 Å². The van der Waals surface area contributed by atoms with Crippen LogP contribution in [0.15, 0.2) is 18.2 Å². The zero-order valence-electron chi connectivity index (χ0n) is 14.8. The molecule has 1 aromatic rings. The number of amides is 1. The van der Waals surface area contributed by atoms with Crippen LogP contribution in [0.4, 0.5) is 16.2 Å². The van der Waals surface area contributed by atoms with E-state index >= 15 is 0 Å². The minimum Gasteiger partial charge on any atom is -0.478 e. The Labute approximate surface area is 152 Å². The van der Waals surface area contributed by atoms with E-state index in [1.807, 2.05) is 4.90 Å². The molecule has 26 heavy (non-hydrogen) atoms. The maximum atomic E-state index is 11.7. The smallest absolute Gasteiger partial charge is 0.409 e. The minimum absolute atomic E-state index is 0.00545. The van der Waals surface area contributed by atoms with Gasteiger partial charge in [0.25, 0.3) is 0 Å².